The lowest BCUT2D eigenvalue weighted by molar-refractivity contribution is 0.664. The molecule has 0 saturated carbocycles. The van der Waals surface area contributed by atoms with Crippen LogP contribution in [0.25, 0.3) is 17.8 Å². The standard InChI is InChI=1S/C37H53N3S2/c1-5-8-11-14-17-30-26-32(19-16-13-10-7-3)42-37(30)34(39)27-33(38)35-25-29(22-23-40-35)20-21-36-28(4)24-31(41-36)18-15-12-9-6-2/h20-27,38H,5-19,39H2,1-4H3/b21-20+,34-27?,38-33?. The lowest BCUT2D eigenvalue weighted by Gasteiger charge is -2.06. The highest BCUT2D eigenvalue weighted by Crippen LogP contribution is 2.30. The van der Waals surface area contributed by atoms with Crippen molar-refractivity contribution in [3.63, 3.8) is 0 Å². The van der Waals surface area contributed by atoms with Gasteiger partial charge in [-0.05, 0) is 98.6 Å². The lowest BCUT2D eigenvalue weighted by atomic mass is 10.0. The number of allylic oxidation sites excluding steroid dienone is 1. The topological polar surface area (TPSA) is 62.8 Å². The molecule has 0 spiro atoms. The second-order valence-electron chi connectivity index (χ2n) is 11.6. The van der Waals surface area contributed by atoms with Gasteiger partial charge in [0.1, 0.15) is 0 Å². The van der Waals surface area contributed by atoms with Gasteiger partial charge >= 0.3 is 0 Å². The quantitative estimate of drug-likeness (QED) is 0.0996. The highest BCUT2D eigenvalue weighted by Gasteiger charge is 2.13. The fourth-order valence-electron chi connectivity index (χ4n) is 5.25. The van der Waals surface area contributed by atoms with Crippen LogP contribution in [0.15, 0.2) is 36.5 Å². The molecule has 3 heterocycles. The highest BCUT2D eigenvalue weighted by atomic mass is 32.1. The van der Waals surface area contributed by atoms with Crippen molar-refractivity contribution in [3.8, 4) is 0 Å². The van der Waals surface area contributed by atoms with E-state index in [0.717, 1.165) is 23.3 Å². The molecular formula is C37H53N3S2. The van der Waals surface area contributed by atoms with E-state index in [1.54, 1.807) is 6.20 Å². The van der Waals surface area contributed by atoms with E-state index < -0.39 is 0 Å². The van der Waals surface area contributed by atoms with Crippen LogP contribution in [0.1, 0.15) is 140 Å². The molecule has 0 aliphatic heterocycles. The first kappa shape index (κ1) is 34.0. The number of pyridine rings is 1. The summed E-state index contributed by atoms with van der Waals surface area (Å²) in [5.74, 6) is 0. The number of nitrogens with two attached hydrogens (primary N) is 1. The van der Waals surface area contributed by atoms with E-state index in [-0.39, 0.29) is 0 Å². The summed E-state index contributed by atoms with van der Waals surface area (Å²) in [7, 11) is 0. The van der Waals surface area contributed by atoms with Crippen molar-refractivity contribution in [1.29, 1.82) is 5.41 Å². The summed E-state index contributed by atoms with van der Waals surface area (Å²) in [5, 5.41) is 8.82. The second-order valence-corrected chi connectivity index (χ2v) is 13.9. The maximum absolute atomic E-state index is 8.82. The zero-order valence-electron chi connectivity index (χ0n) is 26.6. The van der Waals surface area contributed by atoms with E-state index in [4.69, 9.17) is 11.1 Å². The number of hydrogen-bond acceptors (Lipinski definition) is 5. The maximum Gasteiger partial charge on any atom is 0.0885 e. The lowest BCUT2D eigenvalue weighted by Crippen LogP contribution is -2.05. The van der Waals surface area contributed by atoms with Crippen molar-refractivity contribution in [1.82, 2.24) is 4.98 Å². The minimum atomic E-state index is 0.360. The van der Waals surface area contributed by atoms with Gasteiger partial charge in [-0.3, -0.25) is 10.4 Å². The number of unbranched alkanes of at least 4 members (excludes halogenated alkanes) is 9. The molecule has 0 fully saturated rings. The number of nitrogens with zero attached hydrogens (tertiary/aromatic N) is 1. The van der Waals surface area contributed by atoms with Crippen LogP contribution in [0.2, 0.25) is 0 Å². The van der Waals surface area contributed by atoms with Crippen molar-refractivity contribution in [3.05, 3.63) is 78.4 Å². The van der Waals surface area contributed by atoms with Gasteiger partial charge in [-0.2, -0.15) is 0 Å². The van der Waals surface area contributed by atoms with Gasteiger partial charge in [0.15, 0.2) is 0 Å². The number of rotatable bonds is 20. The van der Waals surface area contributed by atoms with Crippen LogP contribution < -0.4 is 5.73 Å². The minimum absolute atomic E-state index is 0.360. The zero-order chi connectivity index (χ0) is 30.2. The van der Waals surface area contributed by atoms with Crippen LogP contribution in [0, 0.1) is 12.3 Å². The Morgan fingerprint density at radius 3 is 2.05 bits per heavy atom. The summed E-state index contributed by atoms with van der Waals surface area (Å²) in [6.45, 7) is 8.98. The highest BCUT2D eigenvalue weighted by molar-refractivity contribution is 7.13. The molecule has 0 aromatic carbocycles. The molecule has 3 aromatic rings. The first-order valence-electron chi connectivity index (χ1n) is 16.4. The molecule has 3 rings (SSSR count). The first-order chi connectivity index (χ1) is 20.4. The molecule has 0 saturated heterocycles. The molecule has 0 aliphatic carbocycles. The van der Waals surface area contributed by atoms with Crippen LogP contribution in [0.5, 0.6) is 0 Å². The normalized spacial score (nSPS) is 12.0. The molecule has 3 nitrogen and oxygen atoms in total. The molecule has 228 valence electrons. The second kappa shape index (κ2) is 18.9. The number of aryl methyl sites for hydroxylation is 4. The number of thiophene rings is 2. The molecule has 0 bridgehead atoms. The van der Waals surface area contributed by atoms with E-state index in [2.05, 4.69) is 57.0 Å². The van der Waals surface area contributed by atoms with Gasteiger partial charge in [0.25, 0.3) is 0 Å². The van der Waals surface area contributed by atoms with Gasteiger partial charge in [0, 0.05) is 20.8 Å². The Morgan fingerprint density at radius 1 is 0.786 bits per heavy atom. The van der Waals surface area contributed by atoms with Gasteiger partial charge in [-0.25, -0.2) is 0 Å². The van der Waals surface area contributed by atoms with Crippen molar-refractivity contribution in [2.45, 2.75) is 124 Å². The average molecular weight is 604 g/mol. The summed E-state index contributed by atoms with van der Waals surface area (Å²) >= 11 is 3.73. The van der Waals surface area contributed by atoms with Crippen LogP contribution in [0.4, 0.5) is 0 Å². The molecule has 0 atom stereocenters. The van der Waals surface area contributed by atoms with Crippen molar-refractivity contribution in [2.24, 2.45) is 5.73 Å². The molecule has 0 unspecified atom stereocenters. The molecule has 3 N–H and O–H groups in total. The fourth-order valence-corrected chi connectivity index (χ4v) is 7.55. The molecule has 3 aromatic heterocycles. The predicted molar refractivity (Wildman–Crippen MR) is 189 cm³/mol. The van der Waals surface area contributed by atoms with E-state index in [1.807, 2.05) is 40.9 Å². The monoisotopic (exact) mass is 603 g/mol. The summed E-state index contributed by atoms with van der Waals surface area (Å²) in [4.78, 5) is 9.88. The SMILES string of the molecule is CCCCCCc1cc(C)c(/C=C/c2ccnc(C(=N)C=C(N)c3sc(CCCCCC)cc3CCCCCC)c2)s1. The summed E-state index contributed by atoms with van der Waals surface area (Å²) < 4.78 is 0. The molecular weight excluding hydrogens is 551 g/mol. The van der Waals surface area contributed by atoms with E-state index in [9.17, 15) is 0 Å². The van der Waals surface area contributed by atoms with E-state index in [0.29, 0.717) is 17.1 Å². The third-order valence-electron chi connectivity index (χ3n) is 7.77. The molecule has 0 radical (unpaired) electrons. The van der Waals surface area contributed by atoms with Crippen LogP contribution >= 0.6 is 22.7 Å². The van der Waals surface area contributed by atoms with Gasteiger partial charge in [0.05, 0.1) is 22.0 Å². The maximum atomic E-state index is 8.82. The van der Waals surface area contributed by atoms with Crippen LogP contribution in [-0.4, -0.2) is 10.7 Å². The Hall–Kier alpha value is -2.50. The van der Waals surface area contributed by atoms with E-state index in [1.165, 1.54) is 109 Å². The number of aromatic nitrogens is 1. The first-order valence-corrected chi connectivity index (χ1v) is 18.0. The summed E-state index contributed by atoms with van der Waals surface area (Å²) in [5.41, 5.74) is 12.1. The van der Waals surface area contributed by atoms with Crippen LogP contribution in [-0.2, 0) is 19.3 Å². The molecule has 0 amide bonds. The third-order valence-corrected chi connectivity index (χ3v) is 10.3. The number of nitrogens with one attached hydrogen (secondary N) is 1. The Bertz CT molecular complexity index is 1290. The minimum Gasteiger partial charge on any atom is -0.398 e. The zero-order valence-corrected chi connectivity index (χ0v) is 28.2. The Kier molecular flexibility index (Phi) is 15.3. The average Bonchev–Trinajstić information content (AvgIpc) is 3.57. The van der Waals surface area contributed by atoms with Gasteiger partial charge in [0.2, 0.25) is 0 Å². The van der Waals surface area contributed by atoms with Crippen molar-refractivity contribution >= 4 is 46.2 Å². The Labute approximate surface area is 263 Å². The Morgan fingerprint density at radius 2 is 1.40 bits per heavy atom. The summed E-state index contributed by atoms with van der Waals surface area (Å²) in [6, 6.07) is 8.73. The molecule has 5 heteroatoms. The van der Waals surface area contributed by atoms with Crippen molar-refractivity contribution < 1.29 is 0 Å². The van der Waals surface area contributed by atoms with E-state index >= 15 is 0 Å². The number of hydrogen-bond donors (Lipinski definition) is 2. The van der Waals surface area contributed by atoms with Crippen molar-refractivity contribution in [2.75, 3.05) is 0 Å². The van der Waals surface area contributed by atoms with Crippen LogP contribution in [0.3, 0.4) is 0 Å². The van der Waals surface area contributed by atoms with Gasteiger partial charge in [-0.15, -0.1) is 22.7 Å². The molecule has 42 heavy (non-hydrogen) atoms. The largest absolute Gasteiger partial charge is 0.398 e. The molecule has 0 aliphatic rings. The van der Waals surface area contributed by atoms with Gasteiger partial charge < -0.3 is 5.73 Å². The Balaban J connectivity index is 1.71. The third kappa shape index (κ3) is 11.3. The smallest absolute Gasteiger partial charge is 0.0885 e. The summed E-state index contributed by atoms with van der Waals surface area (Å²) in [6.07, 6.45) is 26.6. The predicted octanol–water partition coefficient (Wildman–Crippen LogP) is 11.4. The fraction of sp³-hybridized carbons (Fsp3) is 0.514. The van der Waals surface area contributed by atoms with Gasteiger partial charge in [-0.1, -0.05) is 84.6 Å².